The predicted octanol–water partition coefficient (Wildman–Crippen LogP) is 3.83. The molecule has 204 valence electrons. The fraction of sp³-hybridized carbons (Fsp3) is 0.370. The molecule has 2 aromatic carbocycles. The van der Waals surface area contributed by atoms with Crippen LogP contribution in [0.4, 0.5) is 19.6 Å². The molecule has 3 atom stereocenters. The number of amidine groups is 1. The number of rotatable bonds is 7. The molecule has 39 heavy (non-hydrogen) atoms. The number of halogens is 2. The van der Waals surface area contributed by atoms with E-state index in [2.05, 4.69) is 30.9 Å². The molecule has 3 aromatic rings. The number of anilines is 1. The predicted molar refractivity (Wildman–Crippen MR) is 143 cm³/mol. The van der Waals surface area contributed by atoms with Crippen LogP contribution >= 0.6 is 0 Å². The van der Waals surface area contributed by atoms with E-state index in [1.807, 2.05) is 13.0 Å². The second-order valence-corrected chi connectivity index (χ2v) is 9.64. The van der Waals surface area contributed by atoms with Crippen LogP contribution in [0.3, 0.4) is 0 Å². The molecule has 3 N–H and O–H groups in total. The van der Waals surface area contributed by atoms with E-state index in [9.17, 15) is 18.4 Å². The van der Waals surface area contributed by atoms with Gasteiger partial charge in [0.2, 0.25) is 0 Å². The van der Waals surface area contributed by atoms with Crippen molar-refractivity contribution in [2.24, 2.45) is 9.98 Å². The fourth-order valence-corrected chi connectivity index (χ4v) is 4.66. The molecule has 2 aliphatic heterocycles. The fourth-order valence-electron chi connectivity index (χ4n) is 4.66. The molecule has 10 nitrogen and oxygen atoms in total. The number of carbonyl (C=O) groups excluding carboxylic acids is 2. The Bertz CT molecular complexity index is 1420. The summed E-state index contributed by atoms with van der Waals surface area (Å²) in [5.41, 5.74) is 1.60. The quantitative estimate of drug-likeness (QED) is 0.395. The van der Waals surface area contributed by atoms with Crippen LogP contribution < -0.4 is 16.0 Å². The van der Waals surface area contributed by atoms with Gasteiger partial charge in [-0.3, -0.25) is 9.79 Å². The van der Waals surface area contributed by atoms with Crippen molar-refractivity contribution in [2.45, 2.75) is 51.4 Å². The van der Waals surface area contributed by atoms with Gasteiger partial charge in [-0.15, -0.1) is 0 Å². The summed E-state index contributed by atoms with van der Waals surface area (Å²) < 4.78 is 33.2. The molecule has 0 saturated carbocycles. The Kier molecular flexibility index (Phi) is 7.53. The monoisotopic (exact) mass is 537 g/mol. The van der Waals surface area contributed by atoms with Crippen LogP contribution in [-0.2, 0) is 4.79 Å². The number of carbonyl (C=O) groups is 2. The van der Waals surface area contributed by atoms with E-state index in [-0.39, 0.29) is 36.0 Å². The van der Waals surface area contributed by atoms with Gasteiger partial charge in [-0.25, -0.2) is 18.6 Å². The van der Waals surface area contributed by atoms with Crippen LogP contribution in [-0.4, -0.2) is 64.7 Å². The number of piperidine rings is 1. The van der Waals surface area contributed by atoms with Crippen molar-refractivity contribution in [3.05, 3.63) is 59.7 Å². The summed E-state index contributed by atoms with van der Waals surface area (Å²) >= 11 is 0. The maximum Gasteiger partial charge on any atom is 0.319 e. The molecule has 0 spiro atoms. The molecule has 0 bridgehead atoms. The van der Waals surface area contributed by atoms with Crippen molar-refractivity contribution in [1.29, 1.82) is 0 Å². The zero-order chi connectivity index (χ0) is 27.5. The lowest BCUT2D eigenvalue weighted by Crippen LogP contribution is -2.58. The van der Waals surface area contributed by atoms with E-state index in [1.165, 1.54) is 6.07 Å². The Morgan fingerprint density at radius 1 is 1.13 bits per heavy atom. The van der Waals surface area contributed by atoms with Gasteiger partial charge in [-0.05, 0) is 57.4 Å². The maximum atomic E-state index is 14.2. The molecule has 12 heteroatoms. The molecule has 3 amide bonds. The Labute approximate surface area is 223 Å². The number of urea groups is 1. The largest absolute Gasteiger partial charge is 0.424 e. The summed E-state index contributed by atoms with van der Waals surface area (Å²) in [6.45, 7) is 4.33. The van der Waals surface area contributed by atoms with Crippen LogP contribution in [0.15, 0.2) is 56.9 Å². The molecule has 3 heterocycles. The first kappa shape index (κ1) is 26.3. The van der Waals surface area contributed by atoms with Gasteiger partial charge in [0, 0.05) is 24.2 Å². The Balaban J connectivity index is 1.31. The van der Waals surface area contributed by atoms with E-state index in [0.717, 1.165) is 31.4 Å². The van der Waals surface area contributed by atoms with Crippen LogP contribution in [0.1, 0.15) is 38.7 Å². The van der Waals surface area contributed by atoms with Crippen LogP contribution in [0, 0.1) is 11.6 Å². The number of oxazole rings is 1. The number of likely N-dealkylation sites (tertiary alicyclic amines) is 1. The molecule has 2 aliphatic rings. The van der Waals surface area contributed by atoms with Gasteiger partial charge < -0.3 is 25.3 Å². The first-order chi connectivity index (χ1) is 18.8. The minimum absolute atomic E-state index is 0.0400. The molecule has 0 aliphatic carbocycles. The average molecular weight is 538 g/mol. The number of fused-ring (bicyclic) bond motifs is 1. The number of nitrogens with one attached hydrogen (secondary N) is 3. The van der Waals surface area contributed by atoms with Gasteiger partial charge in [0.05, 0.1) is 18.3 Å². The average Bonchev–Trinajstić information content (AvgIpc) is 3.55. The molecule has 0 unspecified atom stereocenters. The zero-order valence-electron chi connectivity index (χ0n) is 21.6. The molecule has 1 fully saturated rings. The molecular formula is C27H29F2N7O3. The number of hydrogen-bond donors (Lipinski definition) is 3. The Morgan fingerprint density at radius 3 is 2.72 bits per heavy atom. The third-order valence-electron chi connectivity index (χ3n) is 6.78. The second-order valence-electron chi connectivity index (χ2n) is 9.64. The van der Waals surface area contributed by atoms with Gasteiger partial charge >= 0.3 is 6.03 Å². The normalized spacial score (nSPS) is 18.8. The van der Waals surface area contributed by atoms with E-state index in [0.29, 0.717) is 23.4 Å². The highest BCUT2D eigenvalue weighted by Gasteiger charge is 2.30. The van der Waals surface area contributed by atoms with Crippen LogP contribution in [0.5, 0.6) is 0 Å². The standard InChI is InChI=1S/C27H29F2N7O3/c1-15-7-5-6-12-36(15)27(38)35-24(34-26-33-20-8-3-4-9-22(20)39-26)25(37)31-16(2)23-30-14-21(32-23)18-11-10-17(28)13-19(18)29/h3-4,8-11,13,15-16,24H,5-7,12,14H2,1-2H3,(H,31,37)(H,33,34)(H,35,38)/t15-,16-,24-/m0/s1. The zero-order valence-corrected chi connectivity index (χ0v) is 21.6. The summed E-state index contributed by atoms with van der Waals surface area (Å²) in [7, 11) is 0. The maximum absolute atomic E-state index is 14.2. The Hall–Kier alpha value is -4.35. The van der Waals surface area contributed by atoms with E-state index in [1.54, 1.807) is 30.0 Å². The molecular weight excluding hydrogens is 508 g/mol. The lowest BCUT2D eigenvalue weighted by molar-refractivity contribution is -0.122. The number of aliphatic imine (C=N–C) groups is 2. The summed E-state index contributed by atoms with van der Waals surface area (Å²) in [4.78, 5) is 41.2. The van der Waals surface area contributed by atoms with E-state index < -0.39 is 29.7 Å². The first-order valence-electron chi connectivity index (χ1n) is 12.9. The lowest BCUT2D eigenvalue weighted by atomic mass is 10.0. The highest BCUT2D eigenvalue weighted by molar-refractivity contribution is 6.14. The minimum Gasteiger partial charge on any atom is -0.424 e. The number of amides is 3. The molecule has 5 rings (SSSR count). The number of aromatic nitrogens is 1. The summed E-state index contributed by atoms with van der Waals surface area (Å²) in [5.74, 6) is -1.71. The van der Waals surface area contributed by atoms with Gasteiger partial charge in [0.25, 0.3) is 11.9 Å². The SMILES string of the molecule is C[C@H](NC(=O)[C@H](NC(=O)N1CCCC[C@@H]1C)Nc1nc2ccccc2o1)C1=NCC(c2ccc(F)cc2F)=N1. The molecule has 1 aromatic heterocycles. The van der Waals surface area contributed by atoms with Crippen molar-refractivity contribution >= 4 is 40.6 Å². The summed E-state index contributed by atoms with van der Waals surface area (Å²) in [5, 5.41) is 8.44. The highest BCUT2D eigenvalue weighted by atomic mass is 19.1. The minimum atomic E-state index is -1.22. The third-order valence-corrected chi connectivity index (χ3v) is 6.78. The lowest BCUT2D eigenvalue weighted by Gasteiger charge is -2.34. The molecule has 1 saturated heterocycles. The number of benzene rings is 2. The summed E-state index contributed by atoms with van der Waals surface area (Å²) in [6, 6.07) is 9.44. The van der Waals surface area contributed by atoms with E-state index in [4.69, 9.17) is 4.42 Å². The smallest absolute Gasteiger partial charge is 0.319 e. The highest BCUT2D eigenvalue weighted by Crippen LogP contribution is 2.20. The van der Waals surface area contributed by atoms with Gasteiger partial charge in [-0.1, -0.05) is 12.1 Å². The third kappa shape index (κ3) is 5.89. The second kappa shape index (κ2) is 11.2. The van der Waals surface area contributed by atoms with Crippen LogP contribution in [0.25, 0.3) is 11.1 Å². The van der Waals surface area contributed by atoms with E-state index >= 15 is 0 Å². The summed E-state index contributed by atoms with van der Waals surface area (Å²) in [6.07, 6.45) is 1.59. The molecule has 0 radical (unpaired) electrons. The Morgan fingerprint density at radius 2 is 1.95 bits per heavy atom. The number of hydrogen-bond acceptors (Lipinski definition) is 7. The van der Waals surface area contributed by atoms with Gasteiger partial charge in [-0.2, -0.15) is 4.98 Å². The topological polar surface area (TPSA) is 124 Å². The van der Waals surface area contributed by atoms with Crippen molar-refractivity contribution in [1.82, 2.24) is 20.5 Å². The number of para-hydroxylation sites is 2. The van der Waals surface area contributed by atoms with Crippen molar-refractivity contribution < 1.29 is 22.8 Å². The van der Waals surface area contributed by atoms with Gasteiger partial charge in [0.15, 0.2) is 11.7 Å². The number of nitrogens with zero attached hydrogens (tertiary/aromatic N) is 4. The van der Waals surface area contributed by atoms with Crippen molar-refractivity contribution in [3.8, 4) is 0 Å². The van der Waals surface area contributed by atoms with Crippen molar-refractivity contribution in [2.75, 3.05) is 18.4 Å². The van der Waals surface area contributed by atoms with Crippen molar-refractivity contribution in [3.63, 3.8) is 0 Å². The van der Waals surface area contributed by atoms with Crippen LogP contribution in [0.2, 0.25) is 0 Å². The van der Waals surface area contributed by atoms with Gasteiger partial charge in [0.1, 0.15) is 23.0 Å². The first-order valence-corrected chi connectivity index (χ1v) is 12.9.